The fourth-order valence-electron chi connectivity index (χ4n) is 3.67. The van der Waals surface area contributed by atoms with Crippen LogP contribution in [-0.2, 0) is 27.2 Å². The third-order valence-corrected chi connectivity index (χ3v) is 5.69. The molecule has 0 aliphatic rings. The number of aromatic hydroxyl groups is 1. The molecule has 11 nitrogen and oxygen atoms in total. The third kappa shape index (κ3) is 12.0. The van der Waals surface area contributed by atoms with Gasteiger partial charge in [-0.15, -0.1) is 0 Å². The van der Waals surface area contributed by atoms with E-state index >= 15 is 0 Å². The van der Waals surface area contributed by atoms with E-state index in [0.29, 0.717) is 11.1 Å². The van der Waals surface area contributed by atoms with Crippen LogP contribution >= 0.6 is 0 Å². The van der Waals surface area contributed by atoms with Gasteiger partial charge in [0.25, 0.3) is 0 Å². The normalized spacial score (nSPS) is 13.4. The molecule has 0 aromatic heterocycles. The summed E-state index contributed by atoms with van der Waals surface area (Å²) in [6.07, 6.45) is -4.34. The summed E-state index contributed by atoms with van der Waals surface area (Å²) in [5.74, 6) is -2.62. The van der Waals surface area contributed by atoms with E-state index in [1.54, 1.807) is 47.8 Å². The quantitative estimate of drug-likeness (QED) is 0.0964. The maximum Gasteiger partial charge on any atom is 0.405 e. The fourth-order valence-corrected chi connectivity index (χ4v) is 3.67. The summed E-state index contributed by atoms with van der Waals surface area (Å²) in [6, 6.07) is 10.9. The van der Waals surface area contributed by atoms with Crippen molar-refractivity contribution in [3.05, 3.63) is 65.7 Å². The molecular formula is C26H34F3N7O4. The fraction of sp³-hybridized carbons (Fsp3) is 0.385. The molecule has 0 fully saturated rings. The predicted molar refractivity (Wildman–Crippen MR) is 143 cm³/mol. The number of nitrogens with one attached hydrogen (secondary N) is 3. The summed E-state index contributed by atoms with van der Waals surface area (Å²) in [6.45, 7) is -1.43. The SMILES string of the molecule is NC(N)=NCCC[C@@H](NC(=O)[C@@H](N)Cc1ccc(O)cc1)C(=O)N[C@@H](Cc1ccccc1)C(=O)NCC(F)(F)F. The number of amides is 3. The molecule has 3 atom stereocenters. The first kappa shape index (κ1) is 31.9. The number of carbonyl (C=O) groups is 3. The van der Waals surface area contributed by atoms with Gasteiger partial charge in [-0.1, -0.05) is 42.5 Å². The Morgan fingerprint density at radius 1 is 0.850 bits per heavy atom. The van der Waals surface area contributed by atoms with Crippen molar-refractivity contribution in [1.82, 2.24) is 16.0 Å². The number of nitrogens with zero attached hydrogens (tertiary/aromatic N) is 1. The zero-order valence-corrected chi connectivity index (χ0v) is 21.7. The maximum absolute atomic E-state index is 13.2. The van der Waals surface area contributed by atoms with Crippen LogP contribution in [0, 0.1) is 0 Å². The molecule has 0 heterocycles. The number of hydrogen-bond donors (Lipinski definition) is 7. The molecule has 0 bridgehead atoms. The Balaban J connectivity index is 2.17. The molecule has 0 radical (unpaired) electrons. The van der Waals surface area contributed by atoms with E-state index < -0.39 is 48.6 Å². The number of guanidine groups is 1. The molecule has 0 saturated carbocycles. The Morgan fingerprint density at radius 2 is 1.45 bits per heavy atom. The number of nitrogens with two attached hydrogens (primary N) is 3. The Kier molecular flexibility index (Phi) is 12.2. The number of phenolic OH excluding ortho intramolecular Hbond substituents is 1. The average molecular weight is 566 g/mol. The van der Waals surface area contributed by atoms with Crippen molar-refractivity contribution in [2.24, 2.45) is 22.2 Å². The zero-order chi connectivity index (χ0) is 29.7. The van der Waals surface area contributed by atoms with Crippen molar-refractivity contribution in [2.75, 3.05) is 13.1 Å². The van der Waals surface area contributed by atoms with Crippen LogP contribution < -0.4 is 33.2 Å². The number of phenols is 1. The molecule has 3 amide bonds. The van der Waals surface area contributed by atoms with Crippen LogP contribution in [0.1, 0.15) is 24.0 Å². The van der Waals surface area contributed by atoms with Crippen molar-refractivity contribution in [2.45, 2.75) is 50.0 Å². The van der Waals surface area contributed by atoms with Crippen LogP contribution in [-0.4, -0.2) is 66.2 Å². The maximum atomic E-state index is 13.2. The van der Waals surface area contributed by atoms with Crippen LogP contribution in [0.15, 0.2) is 59.6 Å². The monoisotopic (exact) mass is 565 g/mol. The molecule has 0 aliphatic carbocycles. The topological polar surface area (TPSA) is 198 Å². The van der Waals surface area contributed by atoms with Crippen LogP contribution in [0.4, 0.5) is 13.2 Å². The van der Waals surface area contributed by atoms with Gasteiger partial charge in [-0.05, 0) is 42.5 Å². The highest BCUT2D eigenvalue weighted by atomic mass is 19.4. The lowest BCUT2D eigenvalue weighted by molar-refractivity contribution is -0.141. The van der Waals surface area contributed by atoms with Gasteiger partial charge in [0.15, 0.2) is 5.96 Å². The first-order valence-electron chi connectivity index (χ1n) is 12.4. The van der Waals surface area contributed by atoms with Crippen molar-refractivity contribution < 1.29 is 32.7 Å². The Hall–Kier alpha value is -4.33. The van der Waals surface area contributed by atoms with Crippen molar-refractivity contribution in [1.29, 1.82) is 0 Å². The minimum Gasteiger partial charge on any atom is -0.508 e. The van der Waals surface area contributed by atoms with E-state index in [4.69, 9.17) is 17.2 Å². The Bertz CT molecular complexity index is 1140. The molecule has 2 aromatic rings. The smallest absolute Gasteiger partial charge is 0.405 e. The largest absolute Gasteiger partial charge is 0.508 e. The number of benzene rings is 2. The van der Waals surface area contributed by atoms with E-state index in [0.717, 1.165) is 0 Å². The molecule has 0 spiro atoms. The number of halogens is 3. The lowest BCUT2D eigenvalue weighted by atomic mass is 10.0. The van der Waals surface area contributed by atoms with Gasteiger partial charge in [0, 0.05) is 13.0 Å². The highest BCUT2D eigenvalue weighted by Crippen LogP contribution is 2.13. The second-order valence-corrected chi connectivity index (χ2v) is 9.07. The Labute approximate surface area is 229 Å². The standard InChI is InChI=1S/C26H34F3N7O4/c27-26(28,29)15-34-23(39)21(14-16-5-2-1-3-6-16)36-24(40)20(7-4-12-33-25(31)32)35-22(38)19(30)13-17-8-10-18(37)11-9-17/h1-3,5-6,8-11,19-21,37H,4,7,12-15,30H2,(H,34,39)(H,35,38)(H,36,40)(H4,31,32,33)/t19-,20+,21-/m0/s1. The summed E-state index contributed by atoms with van der Waals surface area (Å²) in [5.41, 5.74) is 17.9. The number of carbonyl (C=O) groups excluding carboxylic acids is 3. The van der Waals surface area contributed by atoms with Crippen molar-refractivity contribution >= 4 is 23.7 Å². The summed E-state index contributed by atoms with van der Waals surface area (Å²) >= 11 is 0. The molecule has 0 aliphatic heterocycles. The molecule has 10 N–H and O–H groups in total. The minimum absolute atomic E-state index is 0.0442. The van der Waals surface area contributed by atoms with Gasteiger partial charge in [-0.25, -0.2) is 0 Å². The minimum atomic E-state index is -4.65. The number of hydrogen-bond acceptors (Lipinski definition) is 6. The molecule has 0 unspecified atom stereocenters. The van der Waals surface area contributed by atoms with Crippen molar-refractivity contribution in [3.8, 4) is 5.75 Å². The molecule has 40 heavy (non-hydrogen) atoms. The highest BCUT2D eigenvalue weighted by molar-refractivity contribution is 5.93. The molecule has 0 saturated heterocycles. The number of alkyl halides is 3. The van der Waals surface area contributed by atoms with E-state index in [1.165, 1.54) is 12.1 Å². The van der Waals surface area contributed by atoms with E-state index in [2.05, 4.69) is 15.6 Å². The molecule has 218 valence electrons. The first-order chi connectivity index (χ1) is 18.8. The van der Waals surface area contributed by atoms with E-state index in [1.807, 2.05) is 0 Å². The highest BCUT2D eigenvalue weighted by Gasteiger charge is 2.32. The zero-order valence-electron chi connectivity index (χ0n) is 21.7. The van der Waals surface area contributed by atoms with E-state index in [-0.39, 0.29) is 43.9 Å². The number of aliphatic imine (C=N–C) groups is 1. The second-order valence-electron chi connectivity index (χ2n) is 9.07. The van der Waals surface area contributed by atoms with Crippen molar-refractivity contribution in [3.63, 3.8) is 0 Å². The molecule has 2 aromatic carbocycles. The van der Waals surface area contributed by atoms with Gasteiger partial charge >= 0.3 is 6.18 Å². The lowest BCUT2D eigenvalue weighted by Crippen LogP contribution is -2.57. The molecule has 2 rings (SSSR count). The number of rotatable bonds is 14. The van der Waals surface area contributed by atoms with Gasteiger partial charge in [0.05, 0.1) is 6.04 Å². The van der Waals surface area contributed by atoms with Gasteiger partial charge in [0.1, 0.15) is 24.4 Å². The van der Waals surface area contributed by atoms with Crippen LogP contribution in [0.2, 0.25) is 0 Å². The summed E-state index contributed by atoms with van der Waals surface area (Å²) in [7, 11) is 0. The van der Waals surface area contributed by atoms with Crippen LogP contribution in [0.3, 0.4) is 0 Å². The molecular weight excluding hydrogens is 531 g/mol. The van der Waals surface area contributed by atoms with Gasteiger partial charge in [0.2, 0.25) is 17.7 Å². The molecule has 14 heteroatoms. The van der Waals surface area contributed by atoms with Gasteiger partial charge in [-0.2, -0.15) is 13.2 Å². The summed E-state index contributed by atoms with van der Waals surface area (Å²) in [4.78, 5) is 42.6. The van der Waals surface area contributed by atoms with E-state index in [9.17, 15) is 32.7 Å². The first-order valence-corrected chi connectivity index (χ1v) is 12.4. The average Bonchev–Trinajstić information content (AvgIpc) is 2.89. The second kappa shape index (κ2) is 15.3. The van der Waals surface area contributed by atoms with Gasteiger partial charge < -0.3 is 38.3 Å². The van der Waals surface area contributed by atoms with Crippen LogP contribution in [0.5, 0.6) is 5.75 Å². The third-order valence-electron chi connectivity index (χ3n) is 5.69. The predicted octanol–water partition coefficient (Wildman–Crippen LogP) is 0.206. The summed E-state index contributed by atoms with van der Waals surface area (Å²) in [5, 5.41) is 16.2. The van der Waals surface area contributed by atoms with Crippen LogP contribution in [0.25, 0.3) is 0 Å². The summed E-state index contributed by atoms with van der Waals surface area (Å²) < 4.78 is 38.2. The lowest BCUT2D eigenvalue weighted by Gasteiger charge is -2.24. The van der Waals surface area contributed by atoms with Gasteiger partial charge in [-0.3, -0.25) is 19.4 Å². The Morgan fingerprint density at radius 3 is 2.05 bits per heavy atom.